The summed E-state index contributed by atoms with van der Waals surface area (Å²) in [6.45, 7) is 2.75. The van der Waals surface area contributed by atoms with E-state index in [1.165, 1.54) is 0 Å². The van der Waals surface area contributed by atoms with E-state index in [9.17, 15) is 4.79 Å². The minimum Gasteiger partial charge on any atom is -0.342 e. The van der Waals surface area contributed by atoms with Gasteiger partial charge in [0, 0.05) is 12.1 Å². The Morgan fingerprint density at radius 1 is 1.25 bits per heavy atom. The summed E-state index contributed by atoms with van der Waals surface area (Å²) in [4.78, 5) is 20.9. The molecule has 0 saturated carbocycles. The first-order valence-electron chi connectivity index (χ1n) is 9.27. The van der Waals surface area contributed by atoms with Gasteiger partial charge in [-0.2, -0.15) is 11.8 Å². The van der Waals surface area contributed by atoms with Crippen LogP contribution in [0.2, 0.25) is 0 Å². The largest absolute Gasteiger partial charge is 0.342 e. The molecule has 28 heavy (non-hydrogen) atoms. The predicted octanol–water partition coefficient (Wildman–Crippen LogP) is 3.55. The van der Waals surface area contributed by atoms with Gasteiger partial charge in [-0.05, 0) is 55.7 Å². The molecule has 7 nitrogen and oxygen atoms in total. The number of amides is 1. The molecule has 0 radical (unpaired) electrons. The molecular weight excluding hydrogens is 372 g/mol. The van der Waals surface area contributed by atoms with Crippen LogP contribution in [0.5, 0.6) is 0 Å². The average Bonchev–Trinajstić information content (AvgIpc) is 3.34. The van der Waals surface area contributed by atoms with Gasteiger partial charge in [0.25, 0.3) is 5.91 Å². The van der Waals surface area contributed by atoms with Gasteiger partial charge < -0.3 is 10.3 Å². The Bertz CT molecular complexity index is 1090. The van der Waals surface area contributed by atoms with Crippen LogP contribution >= 0.6 is 11.8 Å². The van der Waals surface area contributed by atoms with Gasteiger partial charge in [-0.3, -0.25) is 4.79 Å². The number of imidazole rings is 1. The smallest absolute Gasteiger partial charge is 0.251 e. The highest BCUT2D eigenvalue weighted by atomic mass is 32.2. The zero-order chi connectivity index (χ0) is 19.5. The van der Waals surface area contributed by atoms with Crippen molar-refractivity contribution < 1.29 is 4.79 Å². The number of fused-ring (bicyclic) bond motifs is 2. The summed E-state index contributed by atoms with van der Waals surface area (Å²) in [5, 5.41) is 11.4. The fourth-order valence-corrected chi connectivity index (χ4v) is 3.71. The second kappa shape index (κ2) is 8.02. The molecule has 1 amide bonds. The molecule has 0 aliphatic rings. The summed E-state index contributed by atoms with van der Waals surface area (Å²) < 4.78 is 1.81. The lowest BCUT2D eigenvalue weighted by molar-refractivity contribution is 0.0934. The zero-order valence-corrected chi connectivity index (χ0v) is 16.7. The molecule has 0 aliphatic carbocycles. The maximum Gasteiger partial charge on any atom is 0.251 e. The van der Waals surface area contributed by atoms with Crippen LogP contribution in [0.4, 0.5) is 0 Å². The predicted molar refractivity (Wildman–Crippen MR) is 113 cm³/mol. The van der Waals surface area contributed by atoms with Crippen molar-refractivity contribution >= 4 is 39.7 Å². The topological polar surface area (TPSA) is 88.5 Å². The van der Waals surface area contributed by atoms with Crippen molar-refractivity contribution in [2.24, 2.45) is 0 Å². The van der Waals surface area contributed by atoms with Gasteiger partial charge in [0.15, 0.2) is 0 Å². The normalized spacial score (nSPS) is 12.5. The van der Waals surface area contributed by atoms with Crippen molar-refractivity contribution in [2.45, 2.75) is 25.9 Å². The van der Waals surface area contributed by atoms with E-state index in [-0.39, 0.29) is 11.9 Å². The van der Waals surface area contributed by atoms with Crippen LogP contribution in [-0.2, 0) is 6.54 Å². The lowest BCUT2D eigenvalue weighted by atomic mass is 10.1. The summed E-state index contributed by atoms with van der Waals surface area (Å²) in [6.07, 6.45) is 2.85. The second-order valence-corrected chi connectivity index (χ2v) is 7.54. The quantitative estimate of drug-likeness (QED) is 0.500. The number of aromatic nitrogens is 5. The van der Waals surface area contributed by atoms with Gasteiger partial charge in [-0.15, -0.1) is 5.10 Å². The lowest BCUT2D eigenvalue weighted by Crippen LogP contribution is -2.29. The SMILES string of the molecule is CCn1nnc2cc(C(=O)NC(CCSC)c3nc4ccccc4[nH]3)ccc21. The Balaban J connectivity index is 1.59. The Morgan fingerprint density at radius 2 is 2.11 bits per heavy atom. The summed E-state index contributed by atoms with van der Waals surface area (Å²) in [6, 6.07) is 13.2. The standard InChI is InChI=1S/C20H22N6OS/c1-3-26-18-9-8-13(12-17(18)24-25-26)20(27)23-16(10-11-28-2)19-21-14-6-4-5-7-15(14)22-19/h4-9,12,16H,3,10-11H2,1-2H3,(H,21,22)(H,23,27). The van der Waals surface area contributed by atoms with E-state index in [1.54, 1.807) is 17.8 Å². The van der Waals surface area contributed by atoms with Crippen LogP contribution in [0.3, 0.4) is 0 Å². The molecule has 8 heteroatoms. The molecule has 144 valence electrons. The van der Waals surface area contributed by atoms with E-state index in [1.807, 2.05) is 48.0 Å². The maximum absolute atomic E-state index is 12.9. The van der Waals surface area contributed by atoms with E-state index in [0.29, 0.717) is 5.56 Å². The molecule has 0 spiro atoms. The zero-order valence-electron chi connectivity index (χ0n) is 15.8. The van der Waals surface area contributed by atoms with Crippen LogP contribution in [0, 0.1) is 0 Å². The fourth-order valence-electron chi connectivity index (χ4n) is 3.24. The maximum atomic E-state index is 12.9. The lowest BCUT2D eigenvalue weighted by Gasteiger charge is -2.16. The third-order valence-corrected chi connectivity index (χ3v) is 5.37. The van der Waals surface area contributed by atoms with Crippen molar-refractivity contribution in [1.29, 1.82) is 0 Å². The van der Waals surface area contributed by atoms with Crippen molar-refractivity contribution in [3.8, 4) is 0 Å². The van der Waals surface area contributed by atoms with E-state index in [0.717, 1.165) is 46.6 Å². The molecular formula is C20H22N6OS. The van der Waals surface area contributed by atoms with E-state index < -0.39 is 0 Å². The van der Waals surface area contributed by atoms with E-state index >= 15 is 0 Å². The van der Waals surface area contributed by atoms with Crippen molar-refractivity contribution in [2.75, 3.05) is 12.0 Å². The third kappa shape index (κ3) is 3.60. The van der Waals surface area contributed by atoms with Crippen molar-refractivity contribution in [1.82, 2.24) is 30.3 Å². The molecule has 4 rings (SSSR count). The molecule has 2 aromatic heterocycles. The first-order chi connectivity index (χ1) is 13.7. The Morgan fingerprint density at radius 3 is 2.89 bits per heavy atom. The second-order valence-electron chi connectivity index (χ2n) is 6.56. The molecule has 4 aromatic rings. The van der Waals surface area contributed by atoms with E-state index in [4.69, 9.17) is 0 Å². The third-order valence-electron chi connectivity index (χ3n) is 4.73. The summed E-state index contributed by atoms with van der Waals surface area (Å²) in [5.41, 5.74) is 4.09. The molecule has 1 atom stereocenters. The number of H-pyrrole nitrogens is 1. The average molecular weight is 395 g/mol. The minimum absolute atomic E-state index is 0.139. The van der Waals surface area contributed by atoms with Crippen molar-refractivity contribution in [3.05, 3.63) is 53.9 Å². The van der Waals surface area contributed by atoms with Crippen LogP contribution in [0.1, 0.15) is 35.6 Å². The van der Waals surface area contributed by atoms with Gasteiger partial charge in [0.2, 0.25) is 0 Å². The van der Waals surface area contributed by atoms with Crippen LogP contribution in [0.15, 0.2) is 42.5 Å². The number of carbonyl (C=O) groups is 1. The Kier molecular flexibility index (Phi) is 5.29. The Hall–Kier alpha value is -2.87. The number of rotatable bonds is 7. The fraction of sp³-hybridized carbons (Fsp3) is 0.300. The molecule has 2 aromatic carbocycles. The highest BCUT2D eigenvalue weighted by Gasteiger charge is 2.19. The molecule has 0 bridgehead atoms. The van der Waals surface area contributed by atoms with Crippen LogP contribution in [0.25, 0.3) is 22.1 Å². The van der Waals surface area contributed by atoms with Gasteiger partial charge in [0.1, 0.15) is 11.3 Å². The number of carbonyl (C=O) groups excluding carboxylic acids is 1. The van der Waals surface area contributed by atoms with Crippen LogP contribution < -0.4 is 5.32 Å². The number of para-hydroxylation sites is 2. The number of benzene rings is 2. The molecule has 0 saturated heterocycles. The summed E-state index contributed by atoms with van der Waals surface area (Å²) >= 11 is 1.75. The number of aromatic amines is 1. The monoisotopic (exact) mass is 394 g/mol. The molecule has 0 fully saturated rings. The molecule has 1 unspecified atom stereocenters. The number of nitrogens with zero attached hydrogens (tertiary/aromatic N) is 4. The van der Waals surface area contributed by atoms with E-state index in [2.05, 4.69) is 31.9 Å². The number of hydrogen-bond acceptors (Lipinski definition) is 5. The number of aryl methyl sites for hydroxylation is 1. The first-order valence-corrected chi connectivity index (χ1v) is 10.7. The number of thioether (sulfide) groups is 1. The first kappa shape index (κ1) is 18.5. The van der Waals surface area contributed by atoms with Crippen molar-refractivity contribution in [3.63, 3.8) is 0 Å². The minimum atomic E-state index is -0.186. The number of nitrogens with one attached hydrogen (secondary N) is 2. The molecule has 2 heterocycles. The Labute approximate surface area is 166 Å². The summed E-state index contributed by atoms with van der Waals surface area (Å²) in [7, 11) is 0. The number of hydrogen-bond donors (Lipinski definition) is 2. The van der Waals surface area contributed by atoms with Crippen LogP contribution in [-0.4, -0.2) is 42.9 Å². The van der Waals surface area contributed by atoms with Gasteiger partial charge in [-0.1, -0.05) is 17.3 Å². The highest BCUT2D eigenvalue weighted by molar-refractivity contribution is 7.98. The molecule has 0 aliphatic heterocycles. The molecule has 2 N–H and O–H groups in total. The van der Waals surface area contributed by atoms with Gasteiger partial charge in [0.05, 0.1) is 22.6 Å². The summed E-state index contributed by atoms with van der Waals surface area (Å²) in [5.74, 6) is 1.56. The highest BCUT2D eigenvalue weighted by Crippen LogP contribution is 2.21. The van der Waals surface area contributed by atoms with Gasteiger partial charge in [-0.25, -0.2) is 9.67 Å². The van der Waals surface area contributed by atoms with Gasteiger partial charge >= 0.3 is 0 Å².